The molecule has 0 saturated carbocycles. The summed E-state index contributed by atoms with van der Waals surface area (Å²) in [4.78, 5) is 0. The Morgan fingerprint density at radius 3 is 2.47 bits per heavy atom. The van der Waals surface area contributed by atoms with E-state index in [0.29, 0.717) is 5.69 Å². The van der Waals surface area contributed by atoms with Crippen molar-refractivity contribution in [3.05, 3.63) is 58.2 Å². The zero-order valence-corrected chi connectivity index (χ0v) is 11.8. The number of nitrogens with zero attached hydrogens (tertiary/aromatic N) is 1. The first-order valence-electron chi connectivity index (χ1n) is 5.84. The number of rotatable bonds is 2. The Kier molecular flexibility index (Phi) is 3.05. The van der Waals surface area contributed by atoms with Crippen LogP contribution in [0.25, 0.3) is 22.3 Å². The van der Waals surface area contributed by atoms with Crippen molar-refractivity contribution in [3.8, 4) is 11.3 Å². The highest BCUT2D eigenvalue weighted by molar-refractivity contribution is 9.10. The number of anilines is 1. The Labute approximate surface area is 119 Å². The Balaban J connectivity index is 2.03. The Morgan fingerprint density at radius 2 is 1.79 bits per heavy atom. The molecule has 0 saturated heterocycles. The van der Waals surface area contributed by atoms with Crippen molar-refractivity contribution in [2.75, 3.05) is 12.1 Å². The number of hydroxylamine groups is 1. The fourth-order valence-corrected chi connectivity index (χ4v) is 2.37. The minimum atomic E-state index is 0.627. The van der Waals surface area contributed by atoms with Crippen LogP contribution in [0, 0.1) is 5.21 Å². The van der Waals surface area contributed by atoms with E-state index in [1.165, 1.54) is 7.05 Å². The third-order valence-electron chi connectivity index (χ3n) is 2.99. The van der Waals surface area contributed by atoms with Gasteiger partial charge in [-0.2, -0.15) is 0 Å². The van der Waals surface area contributed by atoms with Gasteiger partial charge >= 0.3 is 0 Å². The van der Waals surface area contributed by atoms with Crippen LogP contribution in [0.2, 0.25) is 0 Å². The van der Waals surface area contributed by atoms with E-state index in [9.17, 15) is 5.21 Å². The highest BCUT2D eigenvalue weighted by atomic mass is 79.9. The second kappa shape index (κ2) is 4.72. The van der Waals surface area contributed by atoms with Crippen LogP contribution >= 0.6 is 15.9 Å². The quantitative estimate of drug-likeness (QED) is 0.638. The molecule has 0 aliphatic carbocycles. The molecule has 1 aromatic heterocycles. The monoisotopic (exact) mass is 316 g/mol. The Hall–Kier alpha value is -1.78. The highest BCUT2D eigenvalue weighted by Gasteiger charge is 2.06. The van der Waals surface area contributed by atoms with Gasteiger partial charge in [0.1, 0.15) is 11.3 Å². The van der Waals surface area contributed by atoms with Crippen LogP contribution in [0.1, 0.15) is 0 Å². The van der Waals surface area contributed by atoms with Crippen molar-refractivity contribution in [1.82, 2.24) is 0 Å². The molecule has 3 aromatic rings. The van der Waals surface area contributed by atoms with Crippen molar-refractivity contribution < 1.29 is 4.42 Å². The lowest BCUT2D eigenvalue weighted by Crippen LogP contribution is -2.04. The van der Waals surface area contributed by atoms with Crippen LogP contribution in [-0.2, 0) is 0 Å². The zero-order chi connectivity index (χ0) is 13.4. The topological polar surface area (TPSA) is 39.4 Å². The minimum Gasteiger partial charge on any atom is -0.758 e. The molecule has 0 spiro atoms. The SMILES string of the molecule is CN([O-])c1ccc(-c2cc3cc(Br)ccc3o2)cc1. The maximum absolute atomic E-state index is 11.2. The summed E-state index contributed by atoms with van der Waals surface area (Å²) >= 11 is 3.44. The van der Waals surface area contributed by atoms with E-state index in [1.54, 1.807) is 12.1 Å². The van der Waals surface area contributed by atoms with E-state index >= 15 is 0 Å². The first kappa shape index (κ1) is 12.3. The van der Waals surface area contributed by atoms with Crippen molar-refractivity contribution in [1.29, 1.82) is 0 Å². The van der Waals surface area contributed by atoms with Gasteiger partial charge in [-0.3, -0.25) is 0 Å². The second-order valence-corrected chi connectivity index (χ2v) is 5.25. The number of hydrogen-bond acceptors (Lipinski definition) is 3. The molecule has 96 valence electrons. The number of fused-ring (bicyclic) bond motifs is 1. The standard InChI is InChI=1S/C15H11BrNO2/c1-17(18)13-5-2-10(3-6-13)15-9-11-8-12(16)4-7-14(11)19-15/h2-9H,1H3/q-1. The third kappa shape index (κ3) is 2.37. The molecule has 2 aromatic carbocycles. The van der Waals surface area contributed by atoms with Gasteiger partial charge < -0.3 is 14.7 Å². The Morgan fingerprint density at radius 1 is 1.05 bits per heavy atom. The second-order valence-electron chi connectivity index (χ2n) is 4.34. The van der Waals surface area contributed by atoms with E-state index in [1.807, 2.05) is 36.4 Å². The molecule has 19 heavy (non-hydrogen) atoms. The predicted octanol–water partition coefficient (Wildman–Crippen LogP) is 4.80. The van der Waals surface area contributed by atoms with E-state index in [0.717, 1.165) is 31.8 Å². The summed E-state index contributed by atoms with van der Waals surface area (Å²) < 4.78 is 6.82. The summed E-state index contributed by atoms with van der Waals surface area (Å²) in [5.74, 6) is 0.799. The van der Waals surface area contributed by atoms with Gasteiger partial charge in [0, 0.05) is 21.1 Å². The normalized spacial score (nSPS) is 10.9. The van der Waals surface area contributed by atoms with Gasteiger partial charge in [0.2, 0.25) is 0 Å². The van der Waals surface area contributed by atoms with Gasteiger partial charge in [-0.15, -0.1) is 0 Å². The molecular formula is C15H11BrNO2-. The van der Waals surface area contributed by atoms with E-state index in [-0.39, 0.29) is 0 Å². The van der Waals surface area contributed by atoms with E-state index in [4.69, 9.17) is 4.42 Å². The zero-order valence-electron chi connectivity index (χ0n) is 10.3. The van der Waals surface area contributed by atoms with Crippen LogP contribution in [0.4, 0.5) is 5.69 Å². The molecule has 3 rings (SSSR count). The lowest BCUT2D eigenvalue weighted by Gasteiger charge is -2.24. The molecule has 0 aliphatic heterocycles. The van der Waals surface area contributed by atoms with Crippen LogP contribution in [-0.4, -0.2) is 7.05 Å². The van der Waals surface area contributed by atoms with Crippen LogP contribution in [0.5, 0.6) is 0 Å². The summed E-state index contributed by atoms with van der Waals surface area (Å²) in [5, 5.41) is 13.0. The van der Waals surface area contributed by atoms with Crippen molar-refractivity contribution in [2.45, 2.75) is 0 Å². The van der Waals surface area contributed by atoms with Gasteiger partial charge in [0.25, 0.3) is 0 Å². The first-order chi connectivity index (χ1) is 9.13. The molecule has 0 aliphatic rings. The summed E-state index contributed by atoms with van der Waals surface area (Å²) in [6, 6.07) is 15.2. The molecular weight excluding hydrogens is 306 g/mol. The molecule has 0 amide bonds. The van der Waals surface area contributed by atoms with Gasteiger partial charge in [-0.25, -0.2) is 0 Å². The molecule has 4 heteroatoms. The average molecular weight is 317 g/mol. The number of furan rings is 1. The molecule has 0 radical (unpaired) electrons. The van der Waals surface area contributed by atoms with Gasteiger partial charge in [0.15, 0.2) is 0 Å². The highest BCUT2D eigenvalue weighted by Crippen LogP contribution is 2.30. The van der Waals surface area contributed by atoms with Crippen molar-refractivity contribution >= 4 is 32.6 Å². The van der Waals surface area contributed by atoms with Crippen LogP contribution in [0.15, 0.2) is 57.4 Å². The molecule has 0 N–H and O–H groups in total. The van der Waals surface area contributed by atoms with E-state index in [2.05, 4.69) is 15.9 Å². The lowest BCUT2D eigenvalue weighted by molar-refractivity contribution is 0.631. The fraction of sp³-hybridized carbons (Fsp3) is 0.0667. The van der Waals surface area contributed by atoms with Crippen LogP contribution < -0.4 is 5.06 Å². The smallest absolute Gasteiger partial charge is 0.135 e. The number of benzene rings is 2. The van der Waals surface area contributed by atoms with Crippen molar-refractivity contribution in [2.24, 2.45) is 0 Å². The summed E-state index contributed by atoms with van der Waals surface area (Å²) in [6.45, 7) is 0. The number of halogens is 1. The third-order valence-corrected chi connectivity index (χ3v) is 3.49. The Bertz CT molecular complexity index is 717. The number of hydrogen-bond donors (Lipinski definition) is 0. The largest absolute Gasteiger partial charge is 0.758 e. The molecule has 0 fully saturated rings. The molecule has 0 atom stereocenters. The van der Waals surface area contributed by atoms with Crippen molar-refractivity contribution in [3.63, 3.8) is 0 Å². The lowest BCUT2D eigenvalue weighted by atomic mass is 10.1. The van der Waals surface area contributed by atoms with Crippen LogP contribution in [0.3, 0.4) is 0 Å². The van der Waals surface area contributed by atoms with Gasteiger partial charge in [-0.1, -0.05) is 15.9 Å². The maximum atomic E-state index is 11.2. The van der Waals surface area contributed by atoms with E-state index < -0.39 is 0 Å². The molecule has 0 unspecified atom stereocenters. The first-order valence-corrected chi connectivity index (χ1v) is 6.63. The molecule has 3 nitrogen and oxygen atoms in total. The predicted molar refractivity (Wildman–Crippen MR) is 81.1 cm³/mol. The summed E-state index contributed by atoms with van der Waals surface area (Å²) in [5.41, 5.74) is 2.43. The van der Waals surface area contributed by atoms with Gasteiger partial charge in [-0.05, 0) is 55.6 Å². The maximum Gasteiger partial charge on any atom is 0.135 e. The molecule has 1 heterocycles. The molecule has 0 bridgehead atoms. The average Bonchev–Trinajstić information content (AvgIpc) is 2.81. The summed E-state index contributed by atoms with van der Waals surface area (Å²) in [7, 11) is 1.48. The van der Waals surface area contributed by atoms with Gasteiger partial charge in [0.05, 0.1) is 0 Å². The summed E-state index contributed by atoms with van der Waals surface area (Å²) in [6.07, 6.45) is 0. The minimum absolute atomic E-state index is 0.627. The fourth-order valence-electron chi connectivity index (χ4n) is 1.99.